The second kappa shape index (κ2) is 10.7. The van der Waals surface area contributed by atoms with E-state index >= 15 is 0 Å². The number of nitrogens with one attached hydrogen (secondary N) is 1. The molecule has 1 fully saturated rings. The molecule has 1 N–H and O–H groups in total. The average molecular weight is 487 g/mol. The molecule has 0 bridgehead atoms. The number of tetrazole rings is 1. The molecular weight excluding hydrogens is 452 g/mol. The Balaban J connectivity index is 1.53. The molecule has 0 saturated carbocycles. The van der Waals surface area contributed by atoms with Crippen LogP contribution in [0, 0.1) is 12.8 Å². The number of aromatic amines is 1. The van der Waals surface area contributed by atoms with Gasteiger partial charge in [-0.3, -0.25) is 9.69 Å². The molecule has 8 nitrogen and oxygen atoms in total. The SMILES string of the molecule is Cc1cccc2cc(CN(Cc3ccccc3)[C@H](c3nnnn3C[C@@H]3CCCO3)C(C)C)c(=O)[nH]c12. The van der Waals surface area contributed by atoms with Crippen LogP contribution in [0.3, 0.4) is 0 Å². The average Bonchev–Trinajstić information content (AvgIpc) is 3.54. The summed E-state index contributed by atoms with van der Waals surface area (Å²) >= 11 is 0. The van der Waals surface area contributed by atoms with Crippen molar-refractivity contribution in [2.45, 2.75) is 65.4 Å². The van der Waals surface area contributed by atoms with Crippen LogP contribution in [-0.4, -0.2) is 42.8 Å². The van der Waals surface area contributed by atoms with Crippen molar-refractivity contribution in [1.29, 1.82) is 0 Å². The van der Waals surface area contributed by atoms with Gasteiger partial charge in [0.1, 0.15) is 0 Å². The van der Waals surface area contributed by atoms with E-state index in [0.29, 0.717) is 19.6 Å². The fourth-order valence-electron chi connectivity index (χ4n) is 5.25. The van der Waals surface area contributed by atoms with E-state index in [-0.39, 0.29) is 23.6 Å². The Hall–Kier alpha value is -3.36. The molecule has 8 heteroatoms. The molecule has 1 saturated heterocycles. The second-order valence-corrected chi connectivity index (χ2v) is 10.1. The van der Waals surface area contributed by atoms with Crippen molar-refractivity contribution in [3.05, 3.63) is 87.5 Å². The highest BCUT2D eigenvalue weighted by atomic mass is 16.5. The number of H-pyrrole nitrogens is 1. The lowest BCUT2D eigenvalue weighted by molar-refractivity contribution is 0.0851. The molecule has 0 amide bonds. The second-order valence-electron chi connectivity index (χ2n) is 10.1. The van der Waals surface area contributed by atoms with Gasteiger partial charge in [0.2, 0.25) is 0 Å². The van der Waals surface area contributed by atoms with Gasteiger partial charge in [0.05, 0.1) is 24.2 Å². The molecule has 4 aromatic rings. The fraction of sp³-hybridized carbons (Fsp3) is 0.429. The normalized spacial score (nSPS) is 16.9. The quantitative estimate of drug-likeness (QED) is 0.377. The molecule has 2 aromatic carbocycles. The summed E-state index contributed by atoms with van der Waals surface area (Å²) in [5.41, 5.74) is 3.80. The van der Waals surface area contributed by atoms with Crippen molar-refractivity contribution >= 4 is 10.9 Å². The summed E-state index contributed by atoms with van der Waals surface area (Å²) in [4.78, 5) is 18.6. The van der Waals surface area contributed by atoms with Gasteiger partial charge >= 0.3 is 0 Å². The number of ether oxygens (including phenoxy) is 1. The van der Waals surface area contributed by atoms with Gasteiger partial charge in [0, 0.05) is 25.3 Å². The summed E-state index contributed by atoms with van der Waals surface area (Å²) in [7, 11) is 0. The standard InChI is InChI=1S/C28H34N6O2/c1-19(2)26(27-30-31-32-34(27)18-24-13-8-14-36-24)33(16-21-10-5-4-6-11-21)17-23-15-22-12-7-9-20(3)25(22)29-28(23)35/h4-7,9-12,15,19,24,26H,8,13-14,16-18H2,1-3H3,(H,29,35)/t24-,26-/m0/s1. The van der Waals surface area contributed by atoms with E-state index in [4.69, 9.17) is 4.74 Å². The summed E-state index contributed by atoms with van der Waals surface area (Å²) in [6.07, 6.45) is 2.22. The third-order valence-corrected chi connectivity index (χ3v) is 7.02. The van der Waals surface area contributed by atoms with Gasteiger partial charge in [0.25, 0.3) is 5.56 Å². The number of para-hydroxylation sites is 1. The Morgan fingerprint density at radius 2 is 1.97 bits per heavy atom. The Bertz CT molecular complexity index is 1360. The van der Waals surface area contributed by atoms with E-state index in [2.05, 4.69) is 51.4 Å². The Morgan fingerprint density at radius 3 is 2.72 bits per heavy atom. The lowest BCUT2D eigenvalue weighted by Crippen LogP contribution is -2.36. The minimum absolute atomic E-state index is 0.0590. The van der Waals surface area contributed by atoms with Crippen LogP contribution in [0.5, 0.6) is 0 Å². The zero-order valence-electron chi connectivity index (χ0n) is 21.2. The molecule has 0 aliphatic carbocycles. The number of hydrogen-bond donors (Lipinski definition) is 1. The first-order valence-corrected chi connectivity index (χ1v) is 12.8. The highest BCUT2D eigenvalue weighted by Gasteiger charge is 2.31. The topological polar surface area (TPSA) is 88.9 Å². The smallest absolute Gasteiger partial charge is 0.252 e. The molecule has 188 valence electrons. The van der Waals surface area contributed by atoms with Crippen LogP contribution in [0.25, 0.3) is 10.9 Å². The van der Waals surface area contributed by atoms with Crippen molar-refractivity contribution in [2.24, 2.45) is 5.92 Å². The minimum Gasteiger partial charge on any atom is -0.376 e. The van der Waals surface area contributed by atoms with Gasteiger partial charge in [-0.2, -0.15) is 0 Å². The first-order valence-electron chi connectivity index (χ1n) is 12.8. The largest absolute Gasteiger partial charge is 0.376 e. The number of fused-ring (bicyclic) bond motifs is 1. The highest BCUT2D eigenvalue weighted by Crippen LogP contribution is 2.31. The van der Waals surface area contributed by atoms with Crippen LogP contribution < -0.4 is 5.56 Å². The number of aromatic nitrogens is 5. The Morgan fingerprint density at radius 1 is 1.14 bits per heavy atom. The van der Waals surface area contributed by atoms with Crippen molar-refractivity contribution in [3.63, 3.8) is 0 Å². The summed E-state index contributed by atoms with van der Waals surface area (Å²) in [6, 6.07) is 18.4. The first kappa shape index (κ1) is 24.3. The van der Waals surface area contributed by atoms with Gasteiger partial charge in [0.15, 0.2) is 5.82 Å². The zero-order valence-corrected chi connectivity index (χ0v) is 21.2. The Kier molecular flexibility index (Phi) is 7.25. The molecule has 0 unspecified atom stereocenters. The monoisotopic (exact) mass is 486 g/mol. The first-order chi connectivity index (χ1) is 17.5. The third-order valence-electron chi connectivity index (χ3n) is 7.02. The van der Waals surface area contributed by atoms with E-state index in [1.165, 1.54) is 5.56 Å². The summed E-state index contributed by atoms with van der Waals surface area (Å²) in [5.74, 6) is 1.02. The number of hydrogen-bond acceptors (Lipinski definition) is 6. The van der Waals surface area contributed by atoms with E-state index in [9.17, 15) is 4.79 Å². The van der Waals surface area contributed by atoms with E-state index in [0.717, 1.165) is 47.3 Å². The van der Waals surface area contributed by atoms with Gasteiger partial charge in [-0.15, -0.1) is 5.10 Å². The maximum Gasteiger partial charge on any atom is 0.252 e. The molecule has 3 heterocycles. The van der Waals surface area contributed by atoms with Crippen molar-refractivity contribution < 1.29 is 4.74 Å². The van der Waals surface area contributed by atoms with E-state index in [1.807, 2.05) is 54.1 Å². The Labute approximate surface area is 211 Å². The number of rotatable bonds is 9. The number of pyridine rings is 1. The van der Waals surface area contributed by atoms with Crippen LogP contribution in [-0.2, 0) is 24.4 Å². The number of aryl methyl sites for hydroxylation is 1. The molecule has 2 aromatic heterocycles. The zero-order chi connectivity index (χ0) is 25.1. The highest BCUT2D eigenvalue weighted by molar-refractivity contribution is 5.81. The van der Waals surface area contributed by atoms with Gasteiger partial charge < -0.3 is 9.72 Å². The predicted octanol–water partition coefficient (Wildman–Crippen LogP) is 4.40. The van der Waals surface area contributed by atoms with Gasteiger partial charge in [-0.25, -0.2) is 4.68 Å². The van der Waals surface area contributed by atoms with Gasteiger partial charge in [-0.05, 0) is 58.7 Å². The summed E-state index contributed by atoms with van der Waals surface area (Å²) in [6.45, 7) is 8.96. The molecule has 5 rings (SSSR count). The molecule has 0 radical (unpaired) electrons. The lowest BCUT2D eigenvalue weighted by atomic mass is 9.99. The van der Waals surface area contributed by atoms with Crippen molar-refractivity contribution in [1.82, 2.24) is 30.1 Å². The van der Waals surface area contributed by atoms with E-state index in [1.54, 1.807) is 0 Å². The summed E-state index contributed by atoms with van der Waals surface area (Å²) < 4.78 is 7.76. The predicted molar refractivity (Wildman–Crippen MR) is 139 cm³/mol. The molecule has 1 aliphatic heterocycles. The van der Waals surface area contributed by atoms with E-state index < -0.39 is 0 Å². The van der Waals surface area contributed by atoms with Crippen LogP contribution in [0.2, 0.25) is 0 Å². The van der Waals surface area contributed by atoms with Crippen LogP contribution in [0.15, 0.2) is 59.4 Å². The molecule has 0 spiro atoms. The molecule has 2 atom stereocenters. The van der Waals surface area contributed by atoms with Gasteiger partial charge in [-0.1, -0.05) is 62.4 Å². The van der Waals surface area contributed by atoms with Crippen LogP contribution in [0.4, 0.5) is 0 Å². The summed E-state index contributed by atoms with van der Waals surface area (Å²) in [5, 5.41) is 13.9. The number of nitrogens with zero attached hydrogens (tertiary/aromatic N) is 5. The van der Waals surface area contributed by atoms with Crippen LogP contribution in [0.1, 0.15) is 55.2 Å². The minimum atomic E-state index is -0.0887. The maximum atomic E-state index is 13.2. The molecule has 1 aliphatic rings. The maximum absolute atomic E-state index is 13.2. The van der Waals surface area contributed by atoms with Crippen molar-refractivity contribution in [2.75, 3.05) is 6.61 Å². The van der Waals surface area contributed by atoms with Crippen LogP contribution >= 0.6 is 0 Å². The third kappa shape index (κ3) is 5.24. The molecular formula is C28H34N6O2. The number of benzene rings is 2. The van der Waals surface area contributed by atoms with Crippen molar-refractivity contribution in [3.8, 4) is 0 Å². The molecule has 36 heavy (non-hydrogen) atoms. The fourth-order valence-corrected chi connectivity index (χ4v) is 5.25. The lowest BCUT2D eigenvalue weighted by Gasteiger charge is -2.33.